The average Bonchev–Trinajstić information content (AvgIpc) is 2.34. The first-order valence-corrected chi connectivity index (χ1v) is 6.22. The van der Waals surface area contributed by atoms with Crippen LogP contribution in [0.3, 0.4) is 0 Å². The number of anilines is 1. The van der Waals surface area contributed by atoms with Crippen molar-refractivity contribution < 1.29 is 4.39 Å². The molecule has 2 aromatic rings. The molecule has 0 aliphatic heterocycles. The van der Waals surface area contributed by atoms with Crippen molar-refractivity contribution in [3.8, 4) is 0 Å². The van der Waals surface area contributed by atoms with Gasteiger partial charge < -0.3 is 5.32 Å². The Kier molecular flexibility index (Phi) is 3.87. The topological polar surface area (TPSA) is 12.0 Å². The molecular weight excluding hydrogens is 249 g/mol. The highest BCUT2D eigenvalue weighted by molar-refractivity contribution is 6.30. The van der Waals surface area contributed by atoms with Gasteiger partial charge in [-0.3, -0.25) is 0 Å². The van der Waals surface area contributed by atoms with Crippen molar-refractivity contribution in [2.75, 3.05) is 5.32 Å². The predicted molar refractivity (Wildman–Crippen MR) is 74.6 cm³/mol. The number of halogens is 2. The van der Waals surface area contributed by atoms with E-state index in [1.807, 2.05) is 32.0 Å². The molecule has 1 unspecified atom stereocenters. The Bertz CT molecular complexity index is 537. The van der Waals surface area contributed by atoms with Gasteiger partial charge in [0.2, 0.25) is 0 Å². The van der Waals surface area contributed by atoms with Gasteiger partial charge in [0, 0.05) is 16.8 Å². The van der Waals surface area contributed by atoms with Crippen molar-refractivity contribution in [2.24, 2.45) is 0 Å². The fourth-order valence-electron chi connectivity index (χ4n) is 1.82. The monoisotopic (exact) mass is 263 g/mol. The van der Waals surface area contributed by atoms with Crippen LogP contribution in [0.25, 0.3) is 0 Å². The molecule has 0 bridgehead atoms. The minimum absolute atomic E-state index is 0.0998. The van der Waals surface area contributed by atoms with Gasteiger partial charge >= 0.3 is 0 Å². The van der Waals surface area contributed by atoms with E-state index in [4.69, 9.17) is 11.6 Å². The Labute approximate surface area is 112 Å². The van der Waals surface area contributed by atoms with Gasteiger partial charge in [-0.25, -0.2) is 4.39 Å². The standard InChI is InChI=1S/C15H15ClFN/c1-10-3-6-13(16)9-15(10)18-11(2)12-4-7-14(17)8-5-12/h3-9,11,18H,1-2H3. The number of hydrogen-bond acceptors (Lipinski definition) is 1. The first-order chi connectivity index (χ1) is 8.56. The SMILES string of the molecule is Cc1ccc(Cl)cc1NC(C)c1ccc(F)cc1. The fourth-order valence-corrected chi connectivity index (χ4v) is 1.99. The second kappa shape index (κ2) is 5.40. The van der Waals surface area contributed by atoms with Crippen LogP contribution in [-0.2, 0) is 0 Å². The lowest BCUT2D eigenvalue weighted by atomic mass is 10.1. The summed E-state index contributed by atoms with van der Waals surface area (Å²) in [7, 11) is 0. The second-order valence-electron chi connectivity index (χ2n) is 4.38. The summed E-state index contributed by atoms with van der Waals surface area (Å²) in [6.07, 6.45) is 0. The Balaban J connectivity index is 2.18. The van der Waals surface area contributed by atoms with Gasteiger partial charge in [0.05, 0.1) is 0 Å². The third-order valence-corrected chi connectivity index (χ3v) is 3.18. The zero-order valence-electron chi connectivity index (χ0n) is 10.4. The third kappa shape index (κ3) is 3.02. The number of nitrogens with one attached hydrogen (secondary N) is 1. The summed E-state index contributed by atoms with van der Waals surface area (Å²) in [6.45, 7) is 4.06. The highest BCUT2D eigenvalue weighted by Crippen LogP contribution is 2.25. The molecular formula is C15H15ClFN. The molecule has 0 aliphatic rings. The maximum Gasteiger partial charge on any atom is 0.123 e. The summed E-state index contributed by atoms with van der Waals surface area (Å²) < 4.78 is 12.9. The summed E-state index contributed by atoms with van der Waals surface area (Å²) >= 11 is 5.98. The van der Waals surface area contributed by atoms with Crippen LogP contribution in [0.4, 0.5) is 10.1 Å². The third-order valence-electron chi connectivity index (χ3n) is 2.94. The molecule has 0 radical (unpaired) electrons. The number of rotatable bonds is 3. The molecule has 94 valence electrons. The highest BCUT2D eigenvalue weighted by atomic mass is 35.5. The summed E-state index contributed by atoms with van der Waals surface area (Å²) in [5.41, 5.74) is 3.17. The molecule has 3 heteroatoms. The Morgan fingerprint density at radius 1 is 1.11 bits per heavy atom. The van der Waals surface area contributed by atoms with E-state index < -0.39 is 0 Å². The van der Waals surface area contributed by atoms with E-state index in [2.05, 4.69) is 5.32 Å². The molecule has 0 saturated carbocycles. The van der Waals surface area contributed by atoms with Crippen LogP contribution in [0.2, 0.25) is 5.02 Å². The van der Waals surface area contributed by atoms with Crippen LogP contribution in [0, 0.1) is 12.7 Å². The molecule has 0 fully saturated rings. The lowest BCUT2D eigenvalue weighted by Crippen LogP contribution is -2.07. The first-order valence-electron chi connectivity index (χ1n) is 5.84. The zero-order chi connectivity index (χ0) is 13.1. The Morgan fingerprint density at radius 3 is 2.44 bits per heavy atom. The van der Waals surface area contributed by atoms with Crippen LogP contribution in [-0.4, -0.2) is 0 Å². The van der Waals surface area contributed by atoms with E-state index in [-0.39, 0.29) is 11.9 Å². The molecule has 0 aromatic heterocycles. The normalized spacial score (nSPS) is 12.2. The smallest absolute Gasteiger partial charge is 0.123 e. The quantitative estimate of drug-likeness (QED) is 0.825. The number of benzene rings is 2. The van der Waals surface area contributed by atoms with Crippen LogP contribution in [0.5, 0.6) is 0 Å². The van der Waals surface area contributed by atoms with E-state index in [1.54, 1.807) is 12.1 Å². The van der Waals surface area contributed by atoms with Crippen molar-refractivity contribution in [1.82, 2.24) is 0 Å². The van der Waals surface area contributed by atoms with Crippen molar-refractivity contribution in [3.05, 3.63) is 64.4 Å². The van der Waals surface area contributed by atoms with Crippen LogP contribution in [0.15, 0.2) is 42.5 Å². The maximum absolute atomic E-state index is 12.9. The lowest BCUT2D eigenvalue weighted by molar-refractivity contribution is 0.626. The summed E-state index contributed by atoms with van der Waals surface area (Å²) in [5, 5.41) is 4.08. The summed E-state index contributed by atoms with van der Waals surface area (Å²) in [5.74, 6) is -0.218. The Morgan fingerprint density at radius 2 is 1.78 bits per heavy atom. The minimum atomic E-state index is -0.218. The largest absolute Gasteiger partial charge is 0.378 e. The second-order valence-corrected chi connectivity index (χ2v) is 4.81. The summed E-state index contributed by atoms with van der Waals surface area (Å²) in [6, 6.07) is 12.3. The van der Waals surface area contributed by atoms with Gasteiger partial charge in [0.15, 0.2) is 0 Å². The van der Waals surface area contributed by atoms with Crippen molar-refractivity contribution in [3.63, 3.8) is 0 Å². The molecule has 0 saturated heterocycles. The van der Waals surface area contributed by atoms with Gasteiger partial charge in [0.1, 0.15) is 5.82 Å². The number of hydrogen-bond donors (Lipinski definition) is 1. The van der Waals surface area contributed by atoms with E-state index in [1.165, 1.54) is 12.1 Å². The van der Waals surface area contributed by atoms with Crippen LogP contribution < -0.4 is 5.32 Å². The van der Waals surface area contributed by atoms with Crippen LogP contribution in [0.1, 0.15) is 24.1 Å². The lowest BCUT2D eigenvalue weighted by Gasteiger charge is -2.17. The molecule has 1 N–H and O–H groups in total. The average molecular weight is 264 g/mol. The van der Waals surface area contributed by atoms with Gasteiger partial charge in [-0.15, -0.1) is 0 Å². The fraction of sp³-hybridized carbons (Fsp3) is 0.200. The van der Waals surface area contributed by atoms with Crippen molar-refractivity contribution >= 4 is 17.3 Å². The molecule has 0 spiro atoms. The molecule has 2 rings (SSSR count). The summed E-state index contributed by atoms with van der Waals surface area (Å²) in [4.78, 5) is 0. The number of aryl methyl sites for hydroxylation is 1. The molecule has 1 nitrogen and oxygen atoms in total. The zero-order valence-corrected chi connectivity index (χ0v) is 11.1. The van der Waals surface area contributed by atoms with E-state index in [0.717, 1.165) is 16.8 Å². The van der Waals surface area contributed by atoms with E-state index in [9.17, 15) is 4.39 Å². The van der Waals surface area contributed by atoms with Gasteiger partial charge in [0.25, 0.3) is 0 Å². The minimum Gasteiger partial charge on any atom is -0.378 e. The Hall–Kier alpha value is -1.54. The van der Waals surface area contributed by atoms with Gasteiger partial charge in [-0.1, -0.05) is 29.8 Å². The van der Waals surface area contributed by atoms with E-state index >= 15 is 0 Å². The molecule has 18 heavy (non-hydrogen) atoms. The molecule has 0 amide bonds. The van der Waals surface area contributed by atoms with E-state index in [0.29, 0.717) is 5.02 Å². The molecule has 2 aromatic carbocycles. The molecule has 1 atom stereocenters. The highest BCUT2D eigenvalue weighted by Gasteiger charge is 2.07. The van der Waals surface area contributed by atoms with Gasteiger partial charge in [-0.05, 0) is 49.2 Å². The van der Waals surface area contributed by atoms with Crippen molar-refractivity contribution in [2.45, 2.75) is 19.9 Å². The maximum atomic E-state index is 12.9. The van der Waals surface area contributed by atoms with Crippen molar-refractivity contribution in [1.29, 1.82) is 0 Å². The predicted octanol–water partition coefficient (Wildman–Crippen LogP) is 4.96. The van der Waals surface area contributed by atoms with Crippen LogP contribution >= 0.6 is 11.6 Å². The molecule has 0 heterocycles. The molecule has 0 aliphatic carbocycles. The van der Waals surface area contributed by atoms with Gasteiger partial charge in [-0.2, -0.15) is 0 Å². The first kappa shape index (κ1) is 12.9.